The number of amidine groups is 1. The fraction of sp³-hybridized carbons (Fsp3) is 0.400. The summed E-state index contributed by atoms with van der Waals surface area (Å²) in [7, 11) is -3.38. The minimum Gasteiger partial charge on any atom is -0.444 e. The topological polar surface area (TPSA) is 105 Å². The molecule has 0 spiro atoms. The molecule has 2 amide bonds. The summed E-state index contributed by atoms with van der Waals surface area (Å²) >= 11 is 1.05. The molecular formula is C25H27F2N3O5S2. The number of anilines is 1. The van der Waals surface area contributed by atoms with E-state index in [1.165, 1.54) is 11.0 Å². The number of thioether (sulfide) groups is 1. The van der Waals surface area contributed by atoms with Crippen LogP contribution in [0.3, 0.4) is 0 Å². The van der Waals surface area contributed by atoms with Gasteiger partial charge in [0, 0.05) is 17.7 Å². The number of sulfone groups is 1. The highest BCUT2D eigenvalue weighted by Crippen LogP contribution is 2.41. The Morgan fingerprint density at radius 2 is 1.86 bits per heavy atom. The molecule has 8 nitrogen and oxygen atoms in total. The summed E-state index contributed by atoms with van der Waals surface area (Å²) in [6.45, 7) is 5.08. The standard InChI is InChI=1S/C25H27F2N3O5S2/c1-25(2,3)35-24(32)28-18(11-15-7-5-4-6-8-15)22(31)29-23-30(19-10-9-16(26)12-17(19)27)20-13-37(33,34)14-21(20)36-23/h4-10,12,18,20-21H,11,13-14H2,1-3H3,(H,28,32)/t18-,20-,21-/m0/s1. The van der Waals surface area contributed by atoms with Gasteiger partial charge in [0.25, 0.3) is 5.91 Å². The average Bonchev–Trinajstić information content (AvgIpc) is 3.24. The van der Waals surface area contributed by atoms with Gasteiger partial charge in [-0.2, -0.15) is 4.99 Å². The number of halogens is 2. The van der Waals surface area contributed by atoms with E-state index in [0.717, 1.165) is 23.4 Å². The minimum absolute atomic E-state index is 0.0789. The second-order valence-corrected chi connectivity index (χ2v) is 13.2. The molecule has 0 saturated carbocycles. The maximum absolute atomic E-state index is 14.8. The van der Waals surface area contributed by atoms with Crippen LogP contribution in [0.5, 0.6) is 0 Å². The van der Waals surface area contributed by atoms with Crippen molar-refractivity contribution in [3.63, 3.8) is 0 Å². The average molecular weight is 552 g/mol. The number of hydrogen-bond donors (Lipinski definition) is 1. The summed E-state index contributed by atoms with van der Waals surface area (Å²) in [5, 5.41) is 2.18. The SMILES string of the molecule is CC(C)(C)OC(=O)N[C@@H](Cc1ccccc1)C(=O)N=C1S[C@H]2CS(=O)(=O)C[C@@H]2N1c1ccc(F)cc1F. The Hall–Kier alpha value is -2.99. The van der Waals surface area contributed by atoms with E-state index < -0.39 is 56.4 Å². The van der Waals surface area contributed by atoms with Crippen molar-refractivity contribution in [2.24, 2.45) is 4.99 Å². The van der Waals surface area contributed by atoms with E-state index in [0.29, 0.717) is 6.07 Å². The molecule has 12 heteroatoms. The number of carbonyl (C=O) groups excluding carboxylic acids is 2. The third-order valence-corrected chi connectivity index (χ3v) is 8.92. The number of fused-ring (bicyclic) bond motifs is 1. The predicted molar refractivity (Wildman–Crippen MR) is 138 cm³/mol. The summed E-state index contributed by atoms with van der Waals surface area (Å²) in [6, 6.07) is 10.2. The smallest absolute Gasteiger partial charge is 0.408 e. The summed E-state index contributed by atoms with van der Waals surface area (Å²) in [5.41, 5.74) is -0.109. The normalized spacial score (nSPS) is 22.5. The summed E-state index contributed by atoms with van der Waals surface area (Å²) in [4.78, 5) is 31.5. The Morgan fingerprint density at radius 3 is 2.51 bits per heavy atom. The molecule has 2 aliphatic rings. The fourth-order valence-electron chi connectivity index (χ4n) is 4.19. The lowest BCUT2D eigenvalue weighted by molar-refractivity contribution is -0.119. The molecule has 1 N–H and O–H groups in total. The Labute approximate surface area is 218 Å². The molecule has 37 heavy (non-hydrogen) atoms. The van der Waals surface area contributed by atoms with Crippen molar-refractivity contribution >= 4 is 44.5 Å². The van der Waals surface area contributed by atoms with Crippen LogP contribution < -0.4 is 10.2 Å². The van der Waals surface area contributed by atoms with E-state index in [4.69, 9.17) is 4.74 Å². The number of alkyl carbamates (subject to hydrolysis) is 1. The number of hydrogen-bond acceptors (Lipinski definition) is 6. The van der Waals surface area contributed by atoms with Crippen LogP contribution in [0.15, 0.2) is 53.5 Å². The highest BCUT2D eigenvalue weighted by atomic mass is 32.2. The van der Waals surface area contributed by atoms with Gasteiger partial charge in [-0.1, -0.05) is 42.1 Å². The lowest BCUT2D eigenvalue weighted by atomic mass is 10.1. The van der Waals surface area contributed by atoms with E-state index in [9.17, 15) is 26.8 Å². The molecule has 2 saturated heterocycles. The van der Waals surface area contributed by atoms with Gasteiger partial charge in [-0.05, 0) is 38.5 Å². The van der Waals surface area contributed by atoms with Gasteiger partial charge in [0.15, 0.2) is 15.0 Å². The third kappa shape index (κ3) is 6.67. The van der Waals surface area contributed by atoms with Crippen molar-refractivity contribution in [3.05, 3.63) is 65.7 Å². The van der Waals surface area contributed by atoms with E-state index in [1.807, 2.05) is 6.07 Å². The maximum Gasteiger partial charge on any atom is 0.408 e. The van der Waals surface area contributed by atoms with E-state index in [2.05, 4.69) is 10.3 Å². The highest BCUT2D eigenvalue weighted by Gasteiger charge is 2.50. The molecule has 198 valence electrons. The van der Waals surface area contributed by atoms with Crippen LogP contribution in [-0.4, -0.2) is 60.0 Å². The van der Waals surface area contributed by atoms with Gasteiger partial charge in [0.05, 0.1) is 23.2 Å². The van der Waals surface area contributed by atoms with Crippen LogP contribution in [0.4, 0.5) is 19.3 Å². The Kier molecular flexibility index (Phi) is 7.61. The van der Waals surface area contributed by atoms with Crippen LogP contribution in [0.2, 0.25) is 0 Å². The summed E-state index contributed by atoms with van der Waals surface area (Å²) < 4.78 is 58.2. The molecule has 3 atom stereocenters. The molecule has 2 heterocycles. The summed E-state index contributed by atoms with van der Waals surface area (Å²) in [6.07, 6.45) is -0.683. The maximum atomic E-state index is 14.8. The van der Waals surface area contributed by atoms with Gasteiger partial charge in [-0.3, -0.25) is 4.79 Å². The van der Waals surface area contributed by atoms with Crippen molar-refractivity contribution in [1.29, 1.82) is 0 Å². The molecule has 0 aliphatic carbocycles. The first-order chi connectivity index (χ1) is 17.3. The molecular weight excluding hydrogens is 524 g/mol. The van der Waals surface area contributed by atoms with Crippen molar-refractivity contribution < 1.29 is 31.5 Å². The number of nitrogens with one attached hydrogen (secondary N) is 1. The van der Waals surface area contributed by atoms with Gasteiger partial charge < -0.3 is 15.0 Å². The largest absolute Gasteiger partial charge is 0.444 e. The minimum atomic E-state index is -3.38. The third-order valence-electron chi connectivity index (χ3n) is 5.71. The second kappa shape index (κ2) is 10.4. The second-order valence-electron chi connectivity index (χ2n) is 9.89. The molecule has 2 aromatic carbocycles. The first kappa shape index (κ1) is 27.1. The van der Waals surface area contributed by atoms with Crippen molar-refractivity contribution in [1.82, 2.24) is 5.32 Å². The predicted octanol–water partition coefficient (Wildman–Crippen LogP) is 3.70. The molecule has 2 aliphatic heterocycles. The lowest BCUT2D eigenvalue weighted by Gasteiger charge is -2.25. The molecule has 2 aromatic rings. The highest BCUT2D eigenvalue weighted by molar-refractivity contribution is 8.16. The molecule has 0 unspecified atom stereocenters. The van der Waals surface area contributed by atoms with Gasteiger partial charge in [0.1, 0.15) is 23.3 Å². The number of benzene rings is 2. The van der Waals surface area contributed by atoms with Crippen molar-refractivity contribution in [2.75, 3.05) is 16.4 Å². The first-order valence-electron chi connectivity index (χ1n) is 11.6. The van der Waals surface area contributed by atoms with Crippen molar-refractivity contribution in [3.8, 4) is 0 Å². The molecule has 0 bridgehead atoms. The number of carbonyl (C=O) groups is 2. The van der Waals surface area contributed by atoms with Crippen LogP contribution >= 0.6 is 11.8 Å². The zero-order valence-electron chi connectivity index (χ0n) is 20.5. The van der Waals surface area contributed by atoms with E-state index in [1.54, 1.807) is 45.0 Å². The zero-order valence-corrected chi connectivity index (χ0v) is 22.1. The fourth-order valence-corrected chi connectivity index (χ4v) is 8.11. The Morgan fingerprint density at radius 1 is 1.16 bits per heavy atom. The molecule has 4 rings (SSSR count). The Balaban J connectivity index is 1.67. The van der Waals surface area contributed by atoms with Gasteiger partial charge in [-0.25, -0.2) is 22.0 Å². The van der Waals surface area contributed by atoms with Gasteiger partial charge >= 0.3 is 6.09 Å². The molecule has 0 radical (unpaired) electrons. The zero-order chi connectivity index (χ0) is 27.0. The first-order valence-corrected chi connectivity index (χ1v) is 14.3. The van der Waals surface area contributed by atoms with Crippen LogP contribution in [0.25, 0.3) is 0 Å². The Bertz CT molecular complexity index is 1330. The molecule has 0 aromatic heterocycles. The van der Waals surface area contributed by atoms with Crippen LogP contribution in [0, 0.1) is 11.6 Å². The van der Waals surface area contributed by atoms with Crippen LogP contribution in [-0.2, 0) is 25.8 Å². The number of nitrogens with zero attached hydrogens (tertiary/aromatic N) is 2. The van der Waals surface area contributed by atoms with Gasteiger partial charge in [0.2, 0.25) is 0 Å². The molecule has 2 fully saturated rings. The number of rotatable bonds is 5. The number of aliphatic imine (C=N–C) groups is 1. The number of amides is 2. The van der Waals surface area contributed by atoms with E-state index in [-0.39, 0.29) is 28.8 Å². The monoisotopic (exact) mass is 551 g/mol. The van der Waals surface area contributed by atoms with Gasteiger partial charge in [-0.15, -0.1) is 0 Å². The van der Waals surface area contributed by atoms with Crippen LogP contribution in [0.1, 0.15) is 26.3 Å². The van der Waals surface area contributed by atoms with Crippen molar-refractivity contribution in [2.45, 2.75) is 50.1 Å². The quantitative estimate of drug-likeness (QED) is 0.604. The summed E-state index contributed by atoms with van der Waals surface area (Å²) in [5.74, 6) is -2.81. The number of ether oxygens (including phenoxy) is 1. The lowest BCUT2D eigenvalue weighted by Crippen LogP contribution is -2.45. The van der Waals surface area contributed by atoms with E-state index >= 15 is 0 Å².